The number of hydrogen-bond donors (Lipinski definition) is 7. The zero-order valence-electron chi connectivity index (χ0n) is 25.9. The number of allylic oxidation sites excluding steroid dienone is 2. The van der Waals surface area contributed by atoms with Crippen molar-refractivity contribution in [2.45, 2.75) is 79.6 Å². The van der Waals surface area contributed by atoms with Crippen LogP contribution in [-0.2, 0) is 38.4 Å². The van der Waals surface area contributed by atoms with E-state index in [0.29, 0.717) is 37.1 Å². The smallest absolute Gasteiger partial charge is 0.303 e. The topological polar surface area (TPSA) is 164 Å². The molecule has 2 aromatic heterocycles. The van der Waals surface area contributed by atoms with E-state index in [2.05, 4.69) is 33.2 Å². The normalized spacial score (nSPS) is 20.2. The van der Waals surface area contributed by atoms with E-state index in [1.54, 1.807) is 0 Å². The van der Waals surface area contributed by atoms with Crippen molar-refractivity contribution in [2.24, 2.45) is 11.8 Å². The molecule has 4 heterocycles. The van der Waals surface area contributed by atoms with Crippen LogP contribution in [0, 0.1) is 25.7 Å². The van der Waals surface area contributed by atoms with Crippen molar-refractivity contribution < 1.29 is 29.4 Å². The number of carboxylic acids is 2. The standard InChI is InChI=1S/C33H42N4O6S/c1-6-20-16(2)26(36-33(20)43)13-24-17(3)21(7-9-30(38)39)27(34-24)15-28-22(8-10-31(40)41)18(4)25(35-28)14-29-23(11-12-44)19(5)32(42)37-29/h13-14,19,23,34-35,44H,6-12,15H2,1-5H3,(H,36,43)(H,37,42)(H,38,39)(H,40,41)/b26-13-,29-14-/t19-,23?/m0/s1. The number of nitrogens with one attached hydrogen (secondary N) is 4. The van der Waals surface area contributed by atoms with Crippen LogP contribution in [0.25, 0.3) is 12.2 Å². The summed E-state index contributed by atoms with van der Waals surface area (Å²) in [5.74, 6) is -1.45. The molecule has 11 heteroatoms. The molecule has 44 heavy (non-hydrogen) atoms. The van der Waals surface area contributed by atoms with Crippen molar-refractivity contribution in [2.75, 3.05) is 5.75 Å². The lowest BCUT2D eigenvalue weighted by Gasteiger charge is -2.12. The molecule has 0 aliphatic carbocycles. The molecule has 2 atom stereocenters. The predicted molar refractivity (Wildman–Crippen MR) is 172 cm³/mol. The molecular weight excluding hydrogens is 580 g/mol. The van der Waals surface area contributed by atoms with Gasteiger partial charge in [-0.3, -0.25) is 19.2 Å². The van der Waals surface area contributed by atoms with Crippen molar-refractivity contribution in [3.63, 3.8) is 0 Å². The third-order valence-electron chi connectivity index (χ3n) is 8.99. The minimum absolute atomic E-state index is 0.0136. The zero-order valence-corrected chi connectivity index (χ0v) is 26.8. The maximum Gasteiger partial charge on any atom is 0.303 e. The molecule has 4 rings (SSSR count). The van der Waals surface area contributed by atoms with E-state index in [-0.39, 0.29) is 36.5 Å². The van der Waals surface area contributed by atoms with Crippen LogP contribution in [0.4, 0.5) is 0 Å². The first-order valence-electron chi connectivity index (χ1n) is 15.1. The van der Waals surface area contributed by atoms with Gasteiger partial charge in [0.2, 0.25) is 5.91 Å². The molecule has 0 bridgehead atoms. The van der Waals surface area contributed by atoms with Crippen molar-refractivity contribution in [1.29, 1.82) is 0 Å². The van der Waals surface area contributed by atoms with Gasteiger partial charge in [-0.15, -0.1) is 0 Å². The monoisotopic (exact) mass is 622 g/mol. The second-order valence-electron chi connectivity index (χ2n) is 11.7. The molecule has 0 spiro atoms. The Morgan fingerprint density at radius 2 is 1.43 bits per heavy atom. The summed E-state index contributed by atoms with van der Waals surface area (Å²) in [6, 6.07) is 0. The molecular formula is C33H42N4O6S. The van der Waals surface area contributed by atoms with E-state index in [1.165, 1.54) is 0 Å². The van der Waals surface area contributed by atoms with E-state index in [9.17, 15) is 29.4 Å². The third-order valence-corrected chi connectivity index (χ3v) is 9.25. The lowest BCUT2D eigenvalue weighted by molar-refractivity contribution is -0.138. The fourth-order valence-electron chi connectivity index (χ4n) is 6.33. The summed E-state index contributed by atoms with van der Waals surface area (Å²) >= 11 is 4.38. The largest absolute Gasteiger partial charge is 0.481 e. The number of carbonyl (C=O) groups excluding carboxylic acids is 2. The van der Waals surface area contributed by atoms with Gasteiger partial charge in [0.05, 0.1) is 0 Å². The van der Waals surface area contributed by atoms with Gasteiger partial charge in [0, 0.05) is 70.8 Å². The van der Waals surface area contributed by atoms with Gasteiger partial charge in [-0.2, -0.15) is 12.6 Å². The molecule has 0 radical (unpaired) electrons. The molecule has 0 aromatic carbocycles. The van der Waals surface area contributed by atoms with Gasteiger partial charge < -0.3 is 30.8 Å². The first-order chi connectivity index (χ1) is 20.9. The van der Waals surface area contributed by atoms with Gasteiger partial charge in [-0.1, -0.05) is 13.8 Å². The number of aromatic nitrogens is 2. The van der Waals surface area contributed by atoms with Crippen LogP contribution in [0.3, 0.4) is 0 Å². The van der Waals surface area contributed by atoms with Gasteiger partial charge >= 0.3 is 11.9 Å². The predicted octanol–water partition coefficient (Wildman–Crippen LogP) is 4.82. The van der Waals surface area contributed by atoms with Crippen molar-refractivity contribution in [3.05, 3.63) is 67.6 Å². The highest BCUT2D eigenvalue weighted by molar-refractivity contribution is 7.80. The number of carboxylic acid groups (broad SMARTS) is 2. The Morgan fingerprint density at radius 3 is 1.91 bits per heavy atom. The minimum atomic E-state index is -0.902. The van der Waals surface area contributed by atoms with Gasteiger partial charge in [0.1, 0.15) is 0 Å². The van der Waals surface area contributed by atoms with Crippen molar-refractivity contribution in [3.8, 4) is 0 Å². The maximum atomic E-state index is 12.5. The Morgan fingerprint density at radius 1 is 0.886 bits per heavy atom. The summed E-state index contributed by atoms with van der Waals surface area (Å²) in [5, 5.41) is 24.9. The van der Waals surface area contributed by atoms with Crippen LogP contribution in [0.5, 0.6) is 0 Å². The average molecular weight is 623 g/mol. The van der Waals surface area contributed by atoms with E-state index in [4.69, 9.17) is 0 Å². The molecule has 2 amide bonds. The van der Waals surface area contributed by atoms with Gasteiger partial charge in [-0.05, 0) is 92.2 Å². The highest BCUT2D eigenvalue weighted by Gasteiger charge is 2.35. The SMILES string of the molecule is CCC1=C(C)/C(=C/c2[nH]c(Cc3[nH]c(/C=C4\NC(=O)[C@@H](C)C4CCS)c(C)c3CCC(=O)O)c(CCC(=O)O)c2C)NC1=O. The number of rotatable bonds is 13. The summed E-state index contributed by atoms with van der Waals surface area (Å²) in [4.78, 5) is 55.0. The van der Waals surface area contributed by atoms with Crippen LogP contribution in [0.1, 0.15) is 91.5 Å². The van der Waals surface area contributed by atoms with E-state index in [0.717, 1.165) is 68.3 Å². The first kappa shape index (κ1) is 32.9. The van der Waals surface area contributed by atoms with Crippen molar-refractivity contribution >= 4 is 48.5 Å². The number of aromatic amines is 2. The van der Waals surface area contributed by atoms with Crippen LogP contribution >= 0.6 is 12.6 Å². The Labute approximate surface area is 262 Å². The molecule has 236 valence electrons. The molecule has 1 unspecified atom stereocenters. The number of thiol groups is 1. The maximum absolute atomic E-state index is 12.5. The summed E-state index contributed by atoms with van der Waals surface area (Å²) in [5.41, 5.74) is 9.95. The minimum Gasteiger partial charge on any atom is -0.481 e. The Bertz CT molecular complexity index is 1590. The molecule has 2 aliphatic rings. The summed E-state index contributed by atoms with van der Waals surface area (Å²) in [7, 11) is 0. The van der Waals surface area contributed by atoms with Crippen LogP contribution in [-0.4, -0.2) is 49.7 Å². The number of hydrogen-bond acceptors (Lipinski definition) is 5. The lowest BCUT2D eigenvalue weighted by atomic mass is 9.91. The third kappa shape index (κ3) is 6.88. The fourth-order valence-corrected chi connectivity index (χ4v) is 6.61. The second-order valence-corrected chi connectivity index (χ2v) is 12.1. The lowest BCUT2D eigenvalue weighted by Crippen LogP contribution is -2.16. The Hall–Kier alpha value is -3.99. The number of carbonyl (C=O) groups is 4. The molecule has 0 saturated carbocycles. The summed E-state index contributed by atoms with van der Waals surface area (Å²) in [6.07, 6.45) is 6.13. The van der Waals surface area contributed by atoms with Crippen LogP contribution < -0.4 is 10.6 Å². The number of aliphatic carboxylic acids is 2. The Balaban J connectivity index is 1.78. The molecule has 6 N–H and O–H groups in total. The highest BCUT2D eigenvalue weighted by atomic mass is 32.1. The van der Waals surface area contributed by atoms with Crippen molar-refractivity contribution in [1.82, 2.24) is 20.6 Å². The highest BCUT2D eigenvalue weighted by Crippen LogP contribution is 2.34. The van der Waals surface area contributed by atoms with Crippen LogP contribution in [0.2, 0.25) is 0 Å². The van der Waals surface area contributed by atoms with Crippen LogP contribution in [0.15, 0.2) is 22.5 Å². The molecule has 2 aliphatic heterocycles. The quantitative estimate of drug-likeness (QED) is 0.158. The van der Waals surface area contributed by atoms with E-state index >= 15 is 0 Å². The summed E-state index contributed by atoms with van der Waals surface area (Å²) < 4.78 is 0. The molecule has 10 nitrogen and oxygen atoms in total. The van der Waals surface area contributed by atoms with E-state index < -0.39 is 11.9 Å². The number of H-pyrrole nitrogens is 2. The van der Waals surface area contributed by atoms with Gasteiger partial charge in [0.25, 0.3) is 5.91 Å². The van der Waals surface area contributed by atoms with Gasteiger partial charge in [-0.25, -0.2) is 0 Å². The first-order valence-corrected chi connectivity index (χ1v) is 15.7. The summed E-state index contributed by atoms with van der Waals surface area (Å²) in [6.45, 7) is 9.64. The Kier molecular flexibility index (Phi) is 10.3. The molecule has 1 fully saturated rings. The average Bonchev–Trinajstić information content (AvgIpc) is 3.60. The fraction of sp³-hybridized carbons (Fsp3) is 0.455. The number of amides is 2. The van der Waals surface area contributed by atoms with Gasteiger partial charge in [0.15, 0.2) is 0 Å². The molecule has 2 aromatic rings. The second kappa shape index (κ2) is 13.8. The molecule has 1 saturated heterocycles. The zero-order chi connectivity index (χ0) is 32.3. The van der Waals surface area contributed by atoms with E-state index in [1.807, 2.05) is 46.8 Å².